The van der Waals surface area contributed by atoms with Gasteiger partial charge in [0.1, 0.15) is 18.1 Å². The Morgan fingerprint density at radius 2 is 1.61 bits per heavy atom. The Morgan fingerprint density at radius 3 is 2.10 bits per heavy atom. The van der Waals surface area contributed by atoms with Gasteiger partial charge in [-0.05, 0) is 38.1 Å². The lowest BCUT2D eigenvalue weighted by Gasteiger charge is -2.25. The van der Waals surface area contributed by atoms with Gasteiger partial charge >= 0.3 is 11.9 Å². The Morgan fingerprint density at radius 1 is 1.00 bits per heavy atom. The van der Waals surface area contributed by atoms with Gasteiger partial charge in [-0.25, -0.2) is 4.79 Å². The lowest BCUT2D eigenvalue weighted by atomic mass is 10.0. The summed E-state index contributed by atoms with van der Waals surface area (Å²) in [4.78, 5) is 60.0. The molecule has 4 atom stereocenters. The molecule has 11 nitrogen and oxygen atoms in total. The molecule has 12 heteroatoms. The average molecular weight is 461 g/mol. The second kappa shape index (κ2) is 13.2. The minimum Gasteiger partial charge on any atom is -0.481 e. The monoisotopic (exact) mass is 460 g/mol. The Bertz CT molecular complexity index is 668. The fourth-order valence-corrected chi connectivity index (χ4v) is 3.40. The minimum absolute atomic E-state index is 0.0551. The van der Waals surface area contributed by atoms with E-state index in [1.54, 1.807) is 0 Å². The highest BCUT2D eigenvalue weighted by molar-refractivity contribution is 7.80. The van der Waals surface area contributed by atoms with Gasteiger partial charge in [0.25, 0.3) is 0 Å². The van der Waals surface area contributed by atoms with E-state index in [0.29, 0.717) is 19.4 Å². The Labute approximate surface area is 186 Å². The molecule has 0 saturated carbocycles. The number of hydrogen-bond acceptors (Lipinski definition) is 7. The molecule has 176 valence electrons. The molecule has 0 radical (unpaired) electrons. The predicted molar refractivity (Wildman–Crippen MR) is 115 cm³/mol. The number of amides is 3. The second-order valence-electron chi connectivity index (χ2n) is 7.92. The van der Waals surface area contributed by atoms with Crippen LogP contribution in [0.2, 0.25) is 0 Å². The van der Waals surface area contributed by atoms with Crippen LogP contribution in [0.1, 0.15) is 46.0 Å². The van der Waals surface area contributed by atoms with Crippen LogP contribution in [0.3, 0.4) is 0 Å². The van der Waals surface area contributed by atoms with E-state index in [-0.39, 0.29) is 30.0 Å². The number of thiol groups is 1. The molecule has 3 amide bonds. The van der Waals surface area contributed by atoms with E-state index in [9.17, 15) is 24.0 Å². The van der Waals surface area contributed by atoms with Crippen LogP contribution in [0.4, 0.5) is 0 Å². The molecule has 1 rings (SSSR count). The summed E-state index contributed by atoms with van der Waals surface area (Å²) in [5, 5.41) is 28.5. The Balaban J connectivity index is 2.90. The molecule has 1 aliphatic rings. The van der Waals surface area contributed by atoms with Gasteiger partial charge in [0, 0.05) is 12.2 Å². The predicted octanol–water partition coefficient (Wildman–Crippen LogP) is -0.882. The quantitative estimate of drug-likeness (QED) is 0.173. The number of aliphatic carboxylic acids is 2. The van der Waals surface area contributed by atoms with Gasteiger partial charge in [-0.2, -0.15) is 12.6 Å². The van der Waals surface area contributed by atoms with Gasteiger partial charge in [0.2, 0.25) is 17.7 Å². The van der Waals surface area contributed by atoms with E-state index in [0.717, 1.165) is 6.42 Å². The number of hydrogen-bond donors (Lipinski definition) is 7. The van der Waals surface area contributed by atoms with Crippen LogP contribution < -0.4 is 21.3 Å². The topological polar surface area (TPSA) is 174 Å². The molecular weight excluding hydrogens is 428 g/mol. The first-order valence-corrected chi connectivity index (χ1v) is 10.9. The zero-order valence-electron chi connectivity index (χ0n) is 17.7. The van der Waals surface area contributed by atoms with Gasteiger partial charge in [0.05, 0.1) is 6.04 Å². The summed E-state index contributed by atoms with van der Waals surface area (Å²) < 4.78 is 0. The fraction of sp³-hybridized carbons (Fsp3) is 0.737. The highest BCUT2D eigenvalue weighted by Crippen LogP contribution is 2.10. The van der Waals surface area contributed by atoms with Crippen molar-refractivity contribution in [2.24, 2.45) is 5.92 Å². The SMILES string of the molecule is CC(C)CC(NC(=O)C1CCCN1)C(=O)NC(CCC(=O)O)C(=O)NC(CS)C(=O)O. The first-order chi connectivity index (χ1) is 14.5. The van der Waals surface area contributed by atoms with E-state index in [4.69, 9.17) is 10.2 Å². The van der Waals surface area contributed by atoms with Crippen LogP contribution in [-0.2, 0) is 24.0 Å². The van der Waals surface area contributed by atoms with Gasteiger partial charge in [-0.3, -0.25) is 19.2 Å². The lowest BCUT2D eigenvalue weighted by Crippen LogP contribution is -2.57. The molecule has 0 spiro atoms. The van der Waals surface area contributed by atoms with Crippen LogP contribution in [-0.4, -0.2) is 76.3 Å². The van der Waals surface area contributed by atoms with Crippen molar-refractivity contribution in [3.63, 3.8) is 0 Å². The van der Waals surface area contributed by atoms with Crippen molar-refractivity contribution in [2.75, 3.05) is 12.3 Å². The maximum absolute atomic E-state index is 12.9. The van der Waals surface area contributed by atoms with Crippen molar-refractivity contribution >= 4 is 42.3 Å². The van der Waals surface area contributed by atoms with Crippen LogP contribution >= 0.6 is 12.6 Å². The van der Waals surface area contributed by atoms with E-state index < -0.39 is 48.3 Å². The Hall–Kier alpha value is -2.34. The lowest BCUT2D eigenvalue weighted by molar-refractivity contribution is -0.142. The van der Waals surface area contributed by atoms with Gasteiger partial charge in [0.15, 0.2) is 0 Å². The second-order valence-corrected chi connectivity index (χ2v) is 8.28. The number of carbonyl (C=O) groups is 5. The summed E-state index contributed by atoms with van der Waals surface area (Å²) in [6.45, 7) is 4.46. The normalized spacial score (nSPS) is 18.6. The zero-order chi connectivity index (χ0) is 23.6. The molecule has 4 unspecified atom stereocenters. The number of rotatable bonds is 13. The van der Waals surface area contributed by atoms with Crippen LogP contribution in [0.15, 0.2) is 0 Å². The molecule has 1 aliphatic heterocycles. The van der Waals surface area contributed by atoms with Gasteiger partial charge in [-0.1, -0.05) is 13.8 Å². The highest BCUT2D eigenvalue weighted by atomic mass is 32.1. The maximum Gasteiger partial charge on any atom is 0.327 e. The largest absolute Gasteiger partial charge is 0.481 e. The van der Waals surface area contributed by atoms with Crippen molar-refractivity contribution in [1.29, 1.82) is 0 Å². The third kappa shape index (κ3) is 9.55. The van der Waals surface area contributed by atoms with Crippen molar-refractivity contribution < 1.29 is 34.2 Å². The summed E-state index contributed by atoms with van der Waals surface area (Å²) in [5.74, 6) is -4.38. The maximum atomic E-state index is 12.9. The van der Waals surface area contributed by atoms with E-state index in [1.165, 1.54) is 0 Å². The van der Waals surface area contributed by atoms with Crippen molar-refractivity contribution in [3.05, 3.63) is 0 Å². The van der Waals surface area contributed by atoms with Crippen molar-refractivity contribution in [1.82, 2.24) is 21.3 Å². The molecule has 0 aromatic carbocycles. The number of carboxylic acid groups (broad SMARTS) is 2. The Kier molecular flexibility index (Phi) is 11.3. The first-order valence-electron chi connectivity index (χ1n) is 10.2. The zero-order valence-corrected chi connectivity index (χ0v) is 18.6. The van der Waals surface area contributed by atoms with E-state index in [1.807, 2.05) is 13.8 Å². The third-order valence-electron chi connectivity index (χ3n) is 4.79. The van der Waals surface area contributed by atoms with Crippen LogP contribution in [0.5, 0.6) is 0 Å². The van der Waals surface area contributed by atoms with Crippen LogP contribution in [0.25, 0.3) is 0 Å². The molecule has 1 heterocycles. The summed E-state index contributed by atoms with van der Waals surface area (Å²) in [6.07, 6.45) is 1.17. The number of nitrogens with one attached hydrogen (secondary N) is 4. The molecular formula is C19H32N4O7S. The molecule has 0 aromatic heterocycles. The standard InChI is InChI=1S/C19H32N4O7S/c1-10(2)8-13(22-16(26)11-4-3-7-20-11)18(28)21-12(5-6-15(24)25)17(27)23-14(9-31)19(29)30/h10-14,20,31H,3-9H2,1-2H3,(H,21,28)(H,22,26)(H,23,27)(H,24,25)(H,29,30). The molecule has 1 saturated heterocycles. The molecule has 6 N–H and O–H groups in total. The molecule has 0 bridgehead atoms. The van der Waals surface area contributed by atoms with Gasteiger partial charge < -0.3 is 31.5 Å². The van der Waals surface area contributed by atoms with Gasteiger partial charge in [-0.15, -0.1) is 0 Å². The summed E-state index contributed by atoms with van der Waals surface area (Å²) in [6, 6.07) is -3.88. The molecule has 0 aliphatic carbocycles. The number of carbonyl (C=O) groups excluding carboxylic acids is 3. The highest BCUT2D eigenvalue weighted by Gasteiger charge is 2.31. The van der Waals surface area contributed by atoms with E-state index >= 15 is 0 Å². The average Bonchev–Trinajstić information content (AvgIpc) is 3.22. The first kappa shape index (κ1) is 26.7. The summed E-state index contributed by atoms with van der Waals surface area (Å²) in [7, 11) is 0. The fourth-order valence-electron chi connectivity index (χ4n) is 3.15. The molecule has 0 aromatic rings. The third-order valence-corrected chi connectivity index (χ3v) is 5.16. The van der Waals surface area contributed by atoms with Crippen molar-refractivity contribution in [3.8, 4) is 0 Å². The summed E-state index contributed by atoms with van der Waals surface area (Å²) in [5.41, 5.74) is 0. The molecule has 31 heavy (non-hydrogen) atoms. The molecule has 1 fully saturated rings. The van der Waals surface area contributed by atoms with E-state index in [2.05, 4.69) is 33.9 Å². The number of carboxylic acids is 2. The van der Waals surface area contributed by atoms with Crippen LogP contribution in [0, 0.1) is 5.92 Å². The van der Waals surface area contributed by atoms with Crippen molar-refractivity contribution in [2.45, 2.75) is 70.1 Å². The smallest absolute Gasteiger partial charge is 0.327 e. The minimum atomic E-state index is -1.30. The summed E-state index contributed by atoms with van der Waals surface area (Å²) >= 11 is 3.87.